The first-order valence-electron chi connectivity index (χ1n) is 10.5. The van der Waals surface area contributed by atoms with Gasteiger partial charge >= 0.3 is 24.5 Å². The van der Waals surface area contributed by atoms with Gasteiger partial charge in [0.2, 0.25) is 0 Å². The summed E-state index contributed by atoms with van der Waals surface area (Å²) in [7, 11) is 0. The number of fused-ring (bicyclic) bond motifs is 2. The monoisotopic (exact) mass is 490 g/mol. The third kappa shape index (κ3) is 7.41. The highest BCUT2D eigenvalue weighted by Gasteiger charge is 2.71. The molecule has 0 amide bonds. The van der Waals surface area contributed by atoms with E-state index in [4.69, 9.17) is 10.2 Å². The van der Waals surface area contributed by atoms with E-state index in [0.717, 1.165) is 6.42 Å². The van der Waals surface area contributed by atoms with Gasteiger partial charge in [0, 0.05) is 0 Å². The van der Waals surface area contributed by atoms with Gasteiger partial charge in [-0.2, -0.15) is 39.5 Å². The smallest absolute Gasteiger partial charge is 0.426 e. The summed E-state index contributed by atoms with van der Waals surface area (Å²) in [6, 6.07) is 0. The lowest BCUT2D eigenvalue weighted by molar-refractivity contribution is -0.373. The van der Waals surface area contributed by atoms with Crippen LogP contribution in [0.5, 0.6) is 0 Å². The molecule has 2 fully saturated rings. The normalized spacial score (nSPS) is 25.2. The molecule has 0 radical (unpaired) electrons. The average molecular weight is 490 g/mol. The first kappa shape index (κ1) is 30.8. The van der Waals surface area contributed by atoms with E-state index >= 15 is 0 Å². The van der Waals surface area contributed by atoms with E-state index in [1.54, 1.807) is 0 Å². The Labute approximate surface area is 181 Å². The van der Waals surface area contributed by atoms with Crippen LogP contribution >= 0.6 is 0 Å². The largest absolute Gasteiger partial charge is 0.481 e. The maximum Gasteiger partial charge on any atom is 0.426 e. The van der Waals surface area contributed by atoms with Crippen LogP contribution in [0.25, 0.3) is 0 Å². The van der Waals surface area contributed by atoms with Crippen molar-refractivity contribution in [3.05, 3.63) is 0 Å². The first-order valence-corrected chi connectivity index (χ1v) is 10.5. The van der Waals surface area contributed by atoms with Crippen LogP contribution in [0.1, 0.15) is 66.2 Å². The molecule has 0 saturated heterocycles. The van der Waals surface area contributed by atoms with Crippen LogP contribution in [0.3, 0.4) is 0 Å². The summed E-state index contributed by atoms with van der Waals surface area (Å²) in [5.74, 6) is -5.42. The molecular weight excluding hydrogens is 459 g/mol. The fraction of sp³-hybridized carbons (Fsp3) is 0.950. The van der Waals surface area contributed by atoms with Gasteiger partial charge in [0.05, 0.1) is 0 Å². The van der Waals surface area contributed by atoms with E-state index in [2.05, 4.69) is 0 Å². The van der Waals surface area contributed by atoms with Crippen LogP contribution in [0.4, 0.5) is 39.5 Å². The van der Waals surface area contributed by atoms with Gasteiger partial charge in [-0.15, -0.1) is 0 Å². The highest BCUT2D eigenvalue weighted by Crippen LogP contribution is 2.55. The van der Waals surface area contributed by atoms with Crippen molar-refractivity contribution in [1.29, 1.82) is 0 Å². The Morgan fingerprint density at radius 2 is 1.41 bits per heavy atom. The lowest BCUT2D eigenvalue weighted by atomic mass is 9.79. The maximum atomic E-state index is 12.5. The minimum atomic E-state index is -5.67. The Bertz CT molecular complexity index is 570. The average Bonchev–Trinajstić information content (AvgIpc) is 3.23. The molecule has 2 aliphatic carbocycles. The van der Waals surface area contributed by atoms with Crippen LogP contribution in [-0.4, -0.2) is 40.3 Å². The highest BCUT2D eigenvalue weighted by atomic mass is 19.4. The molecule has 2 bridgehead atoms. The quantitative estimate of drug-likeness (QED) is 0.409. The van der Waals surface area contributed by atoms with Crippen LogP contribution in [0.2, 0.25) is 0 Å². The molecule has 0 aromatic carbocycles. The van der Waals surface area contributed by atoms with Gasteiger partial charge < -0.3 is 10.2 Å². The molecular formula is C20H31F9O3. The topological polar surface area (TPSA) is 57.5 Å². The zero-order chi connectivity index (χ0) is 25.7. The molecule has 0 aromatic heterocycles. The number of alkyl halides is 9. The van der Waals surface area contributed by atoms with E-state index < -0.39 is 54.3 Å². The van der Waals surface area contributed by atoms with E-state index in [9.17, 15) is 44.3 Å². The number of hydrogen-bond acceptors (Lipinski definition) is 2. The van der Waals surface area contributed by atoms with Crippen LogP contribution in [-0.2, 0) is 4.79 Å². The summed E-state index contributed by atoms with van der Waals surface area (Å²) in [6.45, 7) is 6.82. The number of carboxylic acids is 1. The molecule has 2 rings (SSSR count). The minimum Gasteiger partial charge on any atom is -0.481 e. The van der Waals surface area contributed by atoms with Gasteiger partial charge in [0.1, 0.15) is 0 Å². The maximum absolute atomic E-state index is 12.5. The molecule has 3 nitrogen and oxygen atoms in total. The van der Waals surface area contributed by atoms with E-state index in [0.29, 0.717) is 19.3 Å². The predicted molar refractivity (Wildman–Crippen MR) is 98.6 cm³/mol. The molecule has 2 N–H and O–H groups in total. The van der Waals surface area contributed by atoms with E-state index in [-0.39, 0.29) is 18.3 Å². The standard InChI is InChI=1S/C11H14F6O.C7H11F3O2.C2H6/c12-10(13,14)9(18,11(15,16)17)5-8-4-6-1-2-7(8)3-6;1-3-4(2)5(6(11)12)7(8,9)10;1-2/h6-8,18H,1-5H2;4-5H,3H2,1-2H3,(H,11,12);1-2H3. The second-order valence-electron chi connectivity index (χ2n) is 8.24. The van der Waals surface area contributed by atoms with Crippen LogP contribution < -0.4 is 0 Å². The SMILES string of the molecule is CC.CCC(C)C(C(=O)O)C(F)(F)F.OC(CC1CC2CCC1C2)(C(F)(F)F)C(F)(F)F. The summed E-state index contributed by atoms with van der Waals surface area (Å²) in [5.41, 5.74) is -4.56. The van der Waals surface area contributed by atoms with Crippen molar-refractivity contribution in [2.45, 2.75) is 90.3 Å². The second-order valence-corrected chi connectivity index (χ2v) is 8.24. The summed E-state index contributed by atoms with van der Waals surface area (Å²) in [4.78, 5) is 10.2. The van der Waals surface area contributed by atoms with E-state index in [1.165, 1.54) is 13.8 Å². The van der Waals surface area contributed by atoms with Crippen molar-refractivity contribution in [1.82, 2.24) is 0 Å². The van der Waals surface area contributed by atoms with Gasteiger partial charge in [0.15, 0.2) is 5.92 Å². The number of carboxylic acid groups (broad SMARTS) is 1. The van der Waals surface area contributed by atoms with Crippen LogP contribution in [0, 0.1) is 29.6 Å². The van der Waals surface area contributed by atoms with Gasteiger partial charge in [-0.3, -0.25) is 4.79 Å². The number of aliphatic carboxylic acids is 1. The molecule has 2 aliphatic rings. The van der Waals surface area contributed by atoms with Crippen molar-refractivity contribution in [2.24, 2.45) is 29.6 Å². The molecule has 192 valence electrons. The zero-order valence-corrected chi connectivity index (χ0v) is 18.3. The van der Waals surface area contributed by atoms with Crippen molar-refractivity contribution < 1.29 is 54.5 Å². The molecule has 0 heterocycles. The number of halogens is 9. The molecule has 0 aromatic rings. The fourth-order valence-electron chi connectivity index (χ4n) is 4.34. The Morgan fingerprint density at radius 1 is 0.938 bits per heavy atom. The lowest BCUT2D eigenvalue weighted by Gasteiger charge is -2.36. The fourth-order valence-corrected chi connectivity index (χ4v) is 4.34. The van der Waals surface area contributed by atoms with Crippen molar-refractivity contribution >= 4 is 5.97 Å². The number of hydrogen-bond donors (Lipinski definition) is 2. The van der Waals surface area contributed by atoms with Gasteiger partial charge in [-0.25, -0.2) is 0 Å². The summed E-state index contributed by atoms with van der Waals surface area (Å²) >= 11 is 0. The molecule has 12 heteroatoms. The molecule has 32 heavy (non-hydrogen) atoms. The zero-order valence-electron chi connectivity index (χ0n) is 18.3. The van der Waals surface area contributed by atoms with Crippen molar-refractivity contribution in [3.8, 4) is 0 Å². The molecule has 5 atom stereocenters. The third-order valence-electron chi connectivity index (χ3n) is 6.21. The Morgan fingerprint density at radius 3 is 1.62 bits per heavy atom. The minimum absolute atomic E-state index is 0.0915. The number of aliphatic hydroxyl groups is 1. The number of rotatable bonds is 5. The number of carbonyl (C=O) groups is 1. The van der Waals surface area contributed by atoms with Gasteiger partial charge in [-0.1, -0.05) is 40.5 Å². The summed E-state index contributed by atoms with van der Waals surface area (Å²) in [6.07, 6.45) is -14.4. The lowest BCUT2D eigenvalue weighted by Crippen LogP contribution is -2.58. The first-order chi connectivity index (χ1) is 14.3. The Hall–Kier alpha value is -1.20. The van der Waals surface area contributed by atoms with Gasteiger partial charge in [0.25, 0.3) is 5.60 Å². The van der Waals surface area contributed by atoms with Crippen molar-refractivity contribution in [3.63, 3.8) is 0 Å². The Balaban J connectivity index is 0.000000602. The highest BCUT2D eigenvalue weighted by molar-refractivity contribution is 5.71. The predicted octanol–water partition coefficient (Wildman–Crippen LogP) is 6.99. The van der Waals surface area contributed by atoms with Crippen molar-refractivity contribution in [2.75, 3.05) is 0 Å². The molecule has 0 aliphatic heterocycles. The third-order valence-corrected chi connectivity index (χ3v) is 6.21. The Kier molecular flexibility index (Phi) is 10.9. The van der Waals surface area contributed by atoms with Crippen LogP contribution in [0.15, 0.2) is 0 Å². The second kappa shape index (κ2) is 11.3. The summed E-state index contributed by atoms with van der Waals surface area (Å²) < 4.78 is 111. The summed E-state index contributed by atoms with van der Waals surface area (Å²) in [5, 5.41) is 17.4. The molecule has 0 spiro atoms. The molecule has 2 saturated carbocycles. The van der Waals surface area contributed by atoms with Gasteiger partial charge in [-0.05, 0) is 49.4 Å². The van der Waals surface area contributed by atoms with E-state index in [1.807, 2.05) is 13.8 Å². The molecule has 5 unspecified atom stereocenters.